The van der Waals surface area contributed by atoms with Crippen molar-refractivity contribution < 1.29 is 8.42 Å². The molecule has 0 amide bonds. The second-order valence-corrected chi connectivity index (χ2v) is 6.31. The van der Waals surface area contributed by atoms with Crippen molar-refractivity contribution in [2.75, 3.05) is 11.4 Å². The molecule has 0 spiro atoms. The number of hydrogen-bond acceptors (Lipinski definition) is 3. The van der Waals surface area contributed by atoms with Gasteiger partial charge in [0.15, 0.2) is 0 Å². The smallest absolute Gasteiger partial charge is 0.264 e. The normalized spacial score (nSPS) is 11.5. The van der Waals surface area contributed by atoms with Gasteiger partial charge in [-0.25, -0.2) is 8.42 Å². The van der Waals surface area contributed by atoms with E-state index in [4.69, 9.17) is 0 Å². The molecular formula is C13H17N3O2S. The molecule has 0 saturated carbocycles. The molecule has 0 aliphatic heterocycles. The molecule has 6 heteroatoms. The van der Waals surface area contributed by atoms with Gasteiger partial charge < -0.3 is 0 Å². The Hall–Kier alpha value is -1.82. The van der Waals surface area contributed by atoms with Crippen molar-refractivity contribution in [3.05, 3.63) is 42.2 Å². The van der Waals surface area contributed by atoms with Gasteiger partial charge in [0, 0.05) is 20.3 Å². The zero-order valence-corrected chi connectivity index (χ0v) is 12.1. The predicted octanol–water partition coefficient (Wildman–Crippen LogP) is 1.81. The van der Waals surface area contributed by atoms with Crippen molar-refractivity contribution in [1.82, 2.24) is 9.78 Å². The van der Waals surface area contributed by atoms with Crippen molar-refractivity contribution in [3.63, 3.8) is 0 Å². The lowest BCUT2D eigenvalue weighted by Gasteiger charge is -2.17. The number of hydrogen-bond donors (Lipinski definition) is 0. The summed E-state index contributed by atoms with van der Waals surface area (Å²) < 4.78 is 27.7. The molecule has 2 aromatic rings. The van der Waals surface area contributed by atoms with Gasteiger partial charge in [0.25, 0.3) is 10.0 Å². The molecule has 19 heavy (non-hydrogen) atoms. The van der Waals surface area contributed by atoms with Crippen molar-refractivity contribution in [1.29, 1.82) is 0 Å². The zero-order valence-electron chi connectivity index (χ0n) is 11.2. The van der Waals surface area contributed by atoms with Crippen LogP contribution in [-0.2, 0) is 23.5 Å². The minimum atomic E-state index is -3.52. The summed E-state index contributed by atoms with van der Waals surface area (Å²) in [6.45, 7) is 2.03. The first-order chi connectivity index (χ1) is 8.95. The van der Waals surface area contributed by atoms with Crippen LogP contribution in [0.3, 0.4) is 0 Å². The molecule has 0 fully saturated rings. The second-order valence-electron chi connectivity index (χ2n) is 4.34. The largest absolute Gasteiger partial charge is 0.274 e. The summed E-state index contributed by atoms with van der Waals surface area (Å²) in [7, 11) is -0.246. The van der Waals surface area contributed by atoms with Gasteiger partial charge in [-0.15, -0.1) is 0 Å². The summed E-state index contributed by atoms with van der Waals surface area (Å²) in [4.78, 5) is 0.288. The van der Waals surface area contributed by atoms with Crippen LogP contribution in [-0.4, -0.2) is 25.2 Å². The number of benzene rings is 1. The van der Waals surface area contributed by atoms with Crippen LogP contribution in [0.5, 0.6) is 0 Å². The highest BCUT2D eigenvalue weighted by molar-refractivity contribution is 7.92. The Morgan fingerprint density at radius 1 is 1.26 bits per heavy atom. The minimum Gasteiger partial charge on any atom is -0.274 e. The molecule has 0 radical (unpaired) electrons. The highest BCUT2D eigenvalue weighted by Crippen LogP contribution is 2.21. The van der Waals surface area contributed by atoms with E-state index in [1.54, 1.807) is 30.1 Å². The third-order valence-electron chi connectivity index (χ3n) is 3.04. The molecule has 5 nitrogen and oxygen atoms in total. The summed E-state index contributed by atoms with van der Waals surface area (Å²) >= 11 is 0. The Balaban J connectivity index is 2.35. The average Bonchev–Trinajstić information content (AvgIpc) is 2.84. The number of aryl methyl sites for hydroxylation is 2. The number of rotatable bonds is 4. The predicted molar refractivity (Wildman–Crippen MR) is 74.6 cm³/mol. The van der Waals surface area contributed by atoms with Crippen LogP contribution in [0.4, 0.5) is 5.69 Å². The summed E-state index contributed by atoms with van der Waals surface area (Å²) in [5, 5.41) is 3.98. The van der Waals surface area contributed by atoms with E-state index in [-0.39, 0.29) is 4.90 Å². The molecule has 0 atom stereocenters. The van der Waals surface area contributed by atoms with Crippen LogP contribution in [0.2, 0.25) is 0 Å². The Morgan fingerprint density at radius 3 is 2.37 bits per heavy atom. The van der Waals surface area contributed by atoms with E-state index >= 15 is 0 Å². The molecule has 1 aromatic heterocycles. The Bertz CT molecular complexity index is 659. The lowest BCUT2D eigenvalue weighted by atomic mass is 10.2. The van der Waals surface area contributed by atoms with E-state index < -0.39 is 10.0 Å². The maximum atomic E-state index is 12.4. The summed E-state index contributed by atoms with van der Waals surface area (Å²) in [5.74, 6) is 0. The van der Waals surface area contributed by atoms with Gasteiger partial charge in [-0.1, -0.05) is 19.1 Å². The molecule has 2 rings (SSSR count). The minimum absolute atomic E-state index is 0.288. The van der Waals surface area contributed by atoms with Crippen LogP contribution in [0.15, 0.2) is 41.6 Å². The Kier molecular flexibility index (Phi) is 3.61. The molecule has 0 aliphatic rings. The number of anilines is 1. The fraction of sp³-hybridized carbons (Fsp3) is 0.308. The monoisotopic (exact) mass is 279 g/mol. The van der Waals surface area contributed by atoms with Crippen LogP contribution in [0.1, 0.15) is 12.5 Å². The first-order valence-electron chi connectivity index (χ1n) is 6.01. The van der Waals surface area contributed by atoms with Crippen molar-refractivity contribution >= 4 is 15.7 Å². The molecule has 0 aliphatic carbocycles. The molecule has 102 valence electrons. The zero-order chi connectivity index (χ0) is 14.0. The van der Waals surface area contributed by atoms with Crippen molar-refractivity contribution in [2.45, 2.75) is 18.2 Å². The van der Waals surface area contributed by atoms with Crippen LogP contribution in [0.25, 0.3) is 0 Å². The van der Waals surface area contributed by atoms with Crippen LogP contribution in [0, 0.1) is 0 Å². The number of sulfonamides is 1. The maximum Gasteiger partial charge on any atom is 0.264 e. The van der Waals surface area contributed by atoms with E-state index in [1.165, 1.54) is 17.5 Å². The van der Waals surface area contributed by atoms with E-state index in [0.717, 1.165) is 12.0 Å². The fourth-order valence-electron chi connectivity index (χ4n) is 1.76. The molecule has 1 heterocycles. The van der Waals surface area contributed by atoms with Gasteiger partial charge >= 0.3 is 0 Å². The van der Waals surface area contributed by atoms with Crippen molar-refractivity contribution in [2.24, 2.45) is 7.05 Å². The maximum absolute atomic E-state index is 12.4. The number of nitrogens with zero attached hydrogens (tertiary/aromatic N) is 3. The summed E-state index contributed by atoms with van der Waals surface area (Å²) in [5.41, 5.74) is 1.66. The SMILES string of the molecule is CCc1ccc(S(=O)(=O)N(C)c2cnn(C)c2)cc1. The van der Waals surface area contributed by atoms with Gasteiger partial charge in [0.2, 0.25) is 0 Å². The topological polar surface area (TPSA) is 55.2 Å². The third kappa shape index (κ3) is 2.63. The lowest BCUT2D eigenvalue weighted by molar-refractivity contribution is 0.594. The molecule has 1 aromatic carbocycles. The highest BCUT2D eigenvalue weighted by Gasteiger charge is 2.21. The highest BCUT2D eigenvalue weighted by atomic mass is 32.2. The Morgan fingerprint density at radius 2 is 1.89 bits per heavy atom. The van der Waals surface area contributed by atoms with Gasteiger partial charge in [0.05, 0.1) is 16.8 Å². The van der Waals surface area contributed by atoms with Gasteiger partial charge in [-0.3, -0.25) is 8.99 Å². The van der Waals surface area contributed by atoms with Crippen LogP contribution >= 0.6 is 0 Å². The van der Waals surface area contributed by atoms with Crippen LogP contribution < -0.4 is 4.31 Å². The molecular weight excluding hydrogens is 262 g/mol. The lowest BCUT2D eigenvalue weighted by Crippen LogP contribution is -2.26. The molecule has 0 bridgehead atoms. The van der Waals surface area contributed by atoms with E-state index in [1.807, 2.05) is 19.1 Å². The van der Waals surface area contributed by atoms with Gasteiger partial charge in [-0.2, -0.15) is 5.10 Å². The summed E-state index contributed by atoms with van der Waals surface area (Å²) in [6.07, 6.45) is 4.08. The molecule has 0 N–H and O–H groups in total. The third-order valence-corrected chi connectivity index (χ3v) is 4.84. The average molecular weight is 279 g/mol. The van der Waals surface area contributed by atoms with E-state index in [2.05, 4.69) is 5.10 Å². The molecule has 0 saturated heterocycles. The number of aromatic nitrogens is 2. The first-order valence-corrected chi connectivity index (χ1v) is 7.45. The quantitative estimate of drug-likeness (QED) is 0.857. The fourth-order valence-corrected chi connectivity index (χ4v) is 2.93. The van der Waals surface area contributed by atoms with Gasteiger partial charge in [0.1, 0.15) is 0 Å². The standard InChI is InChI=1S/C13H17N3O2S/c1-4-11-5-7-13(8-6-11)19(17,18)16(3)12-9-14-15(2)10-12/h5-10H,4H2,1-3H3. The van der Waals surface area contributed by atoms with E-state index in [0.29, 0.717) is 5.69 Å². The second kappa shape index (κ2) is 5.05. The van der Waals surface area contributed by atoms with Crippen molar-refractivity contribution in [3.8, 4) is 0 Å². The van der Waals surface area contributed by atoms with E-state index in [9.17, 15) is 8.42 Å². The first kappa shape index (κ1) is 13.6. The molecule has 0 unspecified atom stereocenters. The Labute approximate surface area is 113 Å². The van der Waals surface area contributed by atoms with Gasteiger partial charge in [-0.05, 0) is 24.1 Å². The summed E-state index contributed by atoms with van der Waals surface area (Å²) in [6, 6.07) is 6.95.